The Morgan fingerprint density at radius 1 is 0.837 bits per heavy atom. The molecular formula is C29H36N8O5S. The number of aromatic nitrogens is 2. The van der Waals surface area contributed by atoms with Crippen LogP contribution in [0, 0.1) is 0 Å². The molecule has 13 nitrogen and oxygen atoms in total. The number of benzene rings is 3. The molecule has 4 rings (SSSR count). The Balaban J connectivity index is 0.00000506. The second-order valence-electron chi connectivity index (χ2n) is 9.48. The second-order valence-corrected chi connectivity index (χ2v) is 11.2. The highest BCUT2D eigenvalue weighted by molar-refractivity contribution is 7.92. The van der Waals surface area contributed by atoms with Crippen molar-refractivity contribution in [3.63, 3.8) is 0 Å². The zero-order valence-corrected chi connectivity index (χ0v) is 24.4. The Labute approximate surface area is 251 Å². The maximum absolute atomic E-state index is 13.5. The van der Waals surface area contributed by atoms with Crippen LogP contribution in [-0.2, 0) is 19.6 Å². The summed E-state index contributed by atoms with van der Waals surface area (Å²) in [5.41, 5.74) is 2.25. The zero-order valence-electron chi connectivity index (χ0n) is 23.6. The lowest BCUT2D eigenvalue weighted by Crippen LogP contribution is -2.27. The zero-order chi connectivity index (χ0) is 30.3. The summed E-state index contributed by atoms with van der Waals surface area (Å²) in [6, 6.07) is 17.9. The van der Waals surface area contributed by atoms with Crippen LogP contribution in [0.1, 0.15) is 7.43 Å². The van der Waals surface area contributed by atoms with Crippen molar-refractivity contribution in [3.05, 3.63) is 66.7 Å². The molecule has 0 aliphatic rings. The van der Waals surface area contributed by atoms with Crippen LogP contribution in [0.15, 0.2) is 71.6 Å². The van der Waals surface area contributed by atoms with E-state index in [9.17, 15) is 18.0 Å². The summed E-state index contributed by atoms with van der Waals surface area (Å²) in [4.78, 5) is 35.1. The number of rotatable bonds is 12. The standard InChI is InChI=1S/C28H32N8O5S.CH4/c1-29-16-25(37)30-18-8-7-9-22(15-18)42(39,40)35-28-27(33-23-10-5-6-11-24(23)34-28)32-20-12-19(13-21(14-20)41-4)31-26(38)17-36(2)3;/h5-15,29H,16-17H2,1-4H3,(H,30,37)(H,31,38)(H,32,33)(H,34,35);1H4. The minimum Gasteiger partial charge on any atom is -0.497 e. The van der Waals surface area contributed by atoms with Gasteiger partial charge in [0.15, 0.2) is 11.6 Å². The maximum atomic E-state index is 13.5. The number of para-hydroxylation sites is 2. The average Bonchev–Trinajstić information content (AvgIpc) is 2.93. The smallest absolute Gasteiger partial charge is 0.263 e. The van der Waals surface area contributed by atoms with Crippen LogP contribution in [0.25, 0.3) is 11.0 Å². The highest BCUT2D eigenvalue weighted by Gasteiger charge is 2.20. The van der Waals surface area contributed by atoms with E-state index in [2.05, 4.69) is 36.0 Å². The van der Waals surface area contributed by atoms with E-state index in [1.807, 2.05) is 0 Å². The van der Waals surface area contributed by atoms with Crippen LogP contribution in [0.2, 0.25) is 0 Å². The van der Waals surface area contributed by atoms with Crippen molar-refractivity contribution < 1.29 is 22.7 Å². The van der Waals surface area contributed by atoms with Gasteiger partial charge in [-0.25, -0.2) is 18.4 Å². The second kappa shape index (κ2) is 14.4. The third kappa shape index (κ3) is 8.85. The van der Waals surface area contributed by atoms with Crippen molar-refractivity contribution in [2.24, 2.45) is 0 Å². The van der Waals surface area contributed by atoms with Crippen LogP contribution in [0.3, 0.4) is 0 Å². The number of likely N-dealkylation sites (N-methyl/N-ethyl adjacent to an activating group) is 2. The first-order valence-electron chi connectivity index (χ1n) is 12.8. The van der Waals surface area contributed by atoms with Crippen LogP contribution in [0.4, 0.5) is 28.7 Å². The Kier molecular flexibility index (Phi) is 11.0. The van der Waals surface area contributed by atoms with Crippen molar-refractivity contribution in [2.45, 2.75) is 12.3 Å². The van der Waals surface area contributed by atoms with Gasteiger partial charge in [-0.05, 0) is 57.5 Å². The summed E-state index contributed by atoms with van der Waals surface area (Å²) >= 11 is 0. The highest BCUT2D eigenvalue weighted by atomic mass is 32.2. The molecule has 2 amide bonds. The van der Waals surface area contributed by atoms with E-state index in [0.29, 0.717) is 33.8 Å². The van der Waals surface area contributed by atoms with Gasteiger partial charge in [-0.15, -0.1) is 0 Å². The van der Waals surface area contributed by atoms with Gasteiger partial charge in [0.1, 0.15) is 5.75 Å². The molecule has 0 aliphatic heterocycles. The summed E-state index contributed by atoms with van der Waals surface area (Å²) in [5, 5.41) is 11.3. The number of nitrogens with zero attached hydrogens (tertiary/aromatic N) is 3. The van der Waals surface area contributed by atoms with Gasteiger partial charge in [0.25, 0.3) is 10.0 Å². The molecule has 1 heterocycles. The third-order valence-corrected chi connectivity index (χ3v) is 7.05. The quantitative estimate of drug-likeness (QED) is 0.161. The Morgan fingerprint density at radius 2 is 1.49 bits per heavy atom. The Morgan fingerprint density at radius 3 is 2.14 bits per heavy atom. The molecule has 14 heteroatoms. The van der Waals surface area contributed by atoms with Crippen molar-refractivity contribution in [1.82, 2.24) is 20.2 Å². The number of nitrogens with one attached hydrogen (secondary N) is 5. The minimum atomic E-state index is -4.16. The Hall–Kier alpha value is -4.79. The van der Waals surface area contributed by atoms with Gasteiger partial charge >= 0.3 is 0 Å². The molecule has 0 saturated heterocycles. The molecule has 1 aromatic heterocycles. The number of methoxy groups -OCH3 is 1. The molecule has 0 saturated carbocycles. The topological polar surface area (TPSA) is 167 Å². The minimum absolute atomic E-state index is 0. The lowest BCUT2D eigenvalue weighted by molar-refractivity contribution is -0.117. The first-order chi connectivity index (χ1) is 20.1. The van der Waals surface area contributed by atoms with Crippen LogP contribution in [-0.4, -0.2) is 76.4 Å². The average molecular weight is 609 g/mol. The van der Waals surface area contributed by atoms with Gasteiger partial charge in [0.05, 0.1) is 36.1 Å². The van der Waals surface area contributed by atoms with E-state index in [1.165, 1.54) is 25.3 Å². The molecule has 0 fully saturated rings. The van der Waals surface area contributed by atoms with Gasteiger partial charge in [-0.1, -0.05) is 25.6 Å². The van der Waals surface area contributed by atoms with E-state index in [4.69, 9.17) is 4.74 Å². The molecule has 43 heavy (non-hydrogen) atoms. The lowest BCUT2D eigenvalue weighted by Gasteiger charge is -2.16. The summed E-state index contributed by atoms with van der Waals surface area (Å²) in [5.74, 6) is -0.0212. The number of carbonyl (C=O) groups is 2. The van der Waals surface area contributed by atoms with Gasteiger partial charge in [-0.2, -0.15) is 0 Å². The number of fused-ring (bicyclic) bond motifs is 1. The van der Waals surface area contributed by atoms with E-state index < -0.39 is 10.0 Å². The van der Waals surface area contributed by atoms with Gasteiger partial charge in [0, 0.05) is 29.2 Å². The number of hydrogen-bond acceptors (Lipinski definition) is 10. The normalized spacial score (nSPS) is 11.0. The Bertz CT molecular complexity index is 1710. The summed E-state index contributed by atoms with van der Waals surface area (Å²) in [6.45, 7) is 0.255. The monoisotopic (exact) mass is 608 g/mol. The first-order valence-corrected chi connectivity index (χ1v) is 14.3. The van der Waals surface area contributed by atoms with E-state index in [0.717, 1.165) is 0 Å². The number of hydrogen-bond donors (Lipinski definition) is 5. The molecule has 0 bridgehead atoms. The predicted molar refractivity (Wildman–Crippen MR) is 170 cm³/mol. The fourth-order valence-corrected chi connectivity index (χ4v) is 4.99. The molecule has 0 aliphatic carbocycles. The third-order valence-electron chi connectivity index (χ3n) is 5.72. The number of carbonyl (C=O) groups excluding carboxylic acids is 2. The van der Waals surface area contributed by atoms with Gasteiger partial charge in [0.2, 0.25) is 11.8 Å². The van der Waals surface area contributed by atoms with Gasteiger partial charge < -0.3 is 30.9 Å². The maximum Gasteiger partial charge on any atom is 0.263 e. The largest absolute Gasteiger partial charge is 0.497 e. The van der Waals surface area contributed by atoms with Crippen LogP contribution >= 0.6 is 0 Å². The molecule has 0 atom stereocenters. The molecule has 0 unspecified atom stereocenters. The number of amides is 2. The summed E-state index contributed by atoms with van der Waals surface area (Å²) in [7, 11) is 2.54. The van der Waals surface area contributed by atoms with E-state index in [-0.39, 0.29) is 48.9 Å². The molecule has 5 N–H and O–H groups in total. The molecule has 228 valence electrons. The SMILES string of the molecule is C.CNCC(=O)Nc1cccc(S(=O)(=O)Nc2nc3ccccc3nc2Nc2cc(NC(=O)CN(C)C)cc(OC)c2)c1. The van der Waals surface area contributed by atoms with E-state index >= 15 is 0 Å². The fraction of sp³-hybridized carbons (Fsp3) is 0.241. The molecule has 0 radical (unpaired) electrons. The fourth-order valence-electron chi connectivity index (χ4n) is 3.94. The lowest BCUT2D eigenvalue weighted by atomic mass is 10.2. The molecular weight excluding hydrogens is 572 g/mol. The first kappa shape index (κ1) is 32.7. The summed E-state index contributed by atoms with van der Waals surface area (Å²) in [6.07, 6.45) is 0. The molecule has 3 aromatic carbocycles. The van der Waals surface area contributed by atoms with Crippen LogP contribution in [0.5, 0.6) is 5.75 Å². The van der Waals surface area contributed by atoms with Crippen molar-refractivity contribution >= 4 is 61.6 Å². The predicted octanol–water partition coefficient (Wildman–Crippen LogP) is 3.48. The van der Waals surface area contributed by atoms with Crippen LogP contribution < -0.4 is 30.7 Å². The van der Waals surface area contributed by atoms with E-state index in [1.54, 1.807) is 74.6 Å². The number of anilines is 5. The van der Waals surface area contributed by atoms with Crippen molar-refractivity contribution in [2.75, 3.05) is 62.0 Å². The van der Waals surface area contributed by atoms with Gasteiger partial charge in [-0.3, -0.25) is 14.3 Å². The summed E-state index contributed by atoms with van der Waals surface area (Å²) < 4.78 is 34.9. The highest BCUT2D eigenvalue weighted by Crippen LogP contribution is 2.31. The van der Waals surface area contributed by atoms with Crippen molar-refractivity contribution in [1.29, 1.82) is 0 Å². The molecule has 0 spiro atoms. The number of sulfonamides is 1. The number of ether oxygens (including phenoxy) is 1. The van der Waals surface area contributed by atoms with Crippen molar-refractivity contribution in [3.8, 4) is 5.75 Å². The molecule has 4 aromatic rings.